The maximum absolute atomic E-state index is 9.13. The lowest BCUT2D eigenvalue weighted by Gasteiger charge is -2.22. The quantitative estimate of drug-likeness (QED) is 0.503. The van der Waals surface area contributed by atoms with Gasteiger partial charge >= 0.3 is 0 Å². The van der Waals surface area contributed by atoms with Crippen LogP contribution in [0.3, 0.4) is 0 Å². The molecule has 0 unspecified atom stereocenters. The third kappa shape index (κ3) is 2.41. The van der Waals surface area contributed by atoms with E-state index in [1.165, 1.54) is 0 Å². The van der Waals surface area contributed by atoms with Crippen molar-refractivity contribution in [2.24, 2.45) is 0 Å². The molecule has 0 aromatic rings. The SMILES string of the molecule is CC1(C)OC[C@@H](O)[C@H](O)CO1. The summed E-state index contributed by atoms with van der Waals surface area (Å²) in [5.74, 6) is -0.696. The smallest absolute Gasteiger partial charge is 0.163 e. The van der Waals surface area contributed by atoms with E-state index in [-0.39, 0.29) is 13.2 Å². The van der Waals surface area contributed by atoms with Crippen LogP contribution < -0.4 is 0 Å². The van der Waals surface area contributed by atoms with E-state index >= 15 is 0 Å². The lowest BCUT2D eigenvalue weighted by Crippen LogP contribution is -2.30. The normalized spacial score (nSPS) is 38.2. The molecule has 1 rings (SSSR count). The van der Waals surface area contributed by atoms with E-state index in [1.807, 2.05) is 0 Å². The van der Waals surface area contributed by atoms with Gasteiger partial charge in [-0.3, -0.25) is 0 Å². The molecule has 0 radical (unpaired) electrons. The van der Waals surface area contributed by atoms with Crippen LogP contribution in [0.25, 0.3) is 0 Å². The van der Waals surface area contributed by atoms with Crippen molar-refractivity contribution in [1.82, 2.24) is 0 Å². The van der Waals surface area contributed by atoms with Crippen molar-refractivity contribution >= 4 is 0 Å². The van der Waals surface area contributed by atoms with Crippen LogP contribution in [0.1, 0.15) is 13.8 Å². The van der Waals surface area contributed by atoms with Crippen LogP contribution in [0.4, 0.5) is 0 Å². The summed E-state index contributed by atoms with van der Waals surface area (Å²) < 4.78 is 10.3. The average molecular weight is 162 g/mol. The van der Waals surface area contributed by atoms with E-state index in [1.54, 1.807) is 13.8 Å². The minimum Gasteiger partial charge on any atom is -0.388 e. The third-order valence-corrected chi connectivity index (χ3v) is 1.65. The monoisotopic (exact) mass is 162 g/mol. The molecule has 0 saturated carbocycles. The molecule has 0 bridgehead atoms. The summed E-state index contributed by atoms with van der Waals surface area (Å²) in [4.78, 5) is 0. The summed E-state index contributed by atoms with van der Waals surface area (Å²) >= 11 is 0. The molecule has 2 atom stereocenters. The molecule has 4 heteroatoms. The highest BCUT2D eigenvalue weighted by Crippen LogP contribution is 2.16. The fraction of sp³-hybridized carbons (Fsp3) is 1.00. The van der Waals surface area contributed by atoms with Gasteiger partial charge in [0, 0.05) is 0 Å². The van der Waals surface area contributed by atoms with Crippen LogP contribution in [-0.2, 0) is 9.47 Å². The van der Waals surface area contributed by atoms with Gasteiger partial charge in [0.05, 0.1) is 13.2 Å². The first kappa shape index (κ1) is 8.93. The molecular weight excluding hydrogens is 148 g/mol. The maximum atomic E-state index is 9.13. The van der Waals surface area contributed by atoms with Gasteiger partial charge in [0.1, 0.15) is 12.2 Å². The second-order valence-electron chi connectivity index (χ2n) is 3.16. The summed E-state index contributed by atoms with van der Waals surface area (Å²) in [5, 5.41) is 18.3. The number of hydrogen-bond donors (Lipinski definition) is 2. The van der Waals surface area contributed by atoms with E-state index in [9.17, 15) is 0 Å². The van der Waals surface area contributed by atoms with Crippen LogP contribution in [0.15, 0.2) is 0 Å². The molecule has 1 saturated heterocycles. The largest absolute Gasteiger partial charge is 0.388 e. The van der Waals surface area contributed by atoms with Crippen molar-refractivity contribution in [1.29, 1.82) is 0 Å². The minimum absolute atomic E-state index is 0.119. The van der Waals surface area contributed by atoms with Crippen LogP contribution in [0.2, 0.25) is 0 Å². The van der Waals surface area contributed by atoms with Crippen LogP contribution in [-0.4, -0.2) is 41.4 Å². The van der Waals surface area contributed by atoms with Gasteiger partial charge in [0.15, 0.2) is 5.79 Å². The molecule has 0 spiro atoms. The fourth-order valence-corrected chi connectivity index (χ4v) is 0.836. The third-order valence-electron chi connectivity index (χ3n) is 1.65. The van der Waals surface area contributed by atoms with Crippen molar-refractivity contribution in [3.8, 4) is 0 Å². The van der Waals surface area contributed by atoms with Gasteiger partial charge in [-0.05, 0) is 13.8 Å². The van der Waals surface area contributed by atoms with Crippen molar-refractivity contribution in [3.05, 3.63) is 0 Å². The Bertz CT molecular complexity index is 120. The molecule has 0 aliphatic carbocycles. The van der Waals surface area contributed by atoms with Gasteiger partial charge in [0.2, 0.25) is 0 Å². The van der Waals surface area contributed by atoms with Gasteiger partial charge in [-0.25, -0.2) is 0 Å². The van der Waals surface area contributed by atoms with Gasteiger partial charge in [0.25, 0.3) is 0 Å². The summed E-state index contributed by atoms with van der Waals surface area (Å²) in [6, 6.07) is 0. The lowest BCUT2D eigenvalue weighted by atomic mass is 10.2. The highest BCUT2D eigenvalue weighted by Gasteiger charge is 2.29. The first-order valence-corrected chi connectivity index (χ1v) is 3.65. The van der Waals surface area contributed by atoms with Gasteiger partial charge < -0.3 is 19.7 Å². The van der Waals surface area contributed by atoms with Gasteiger partial charge in [-0.2, -0.15) is 0 Å². The second-order valence-corrected chi connectivity index (χ2v) is 3.16. The molecule has 2 N–H and O–H groups in total. The van der Waals surface area contributed by atoms with E-state index in [0.29, 0.717) is 0 Å². The zero-order valence-corrected chi connectivity index (χ0v) is 6.78. The van der Waals surface area contributed by atoms with Crippen LogP contribution in [0, 0.1) is 0 Å². The predicted molar refractivity (Wildman–Crippen MR) is 38.0 cm³/mol. The second kappa shape index (κ2) is 3.06. The molecule has 0 amide bonds. The Kier molecular flexibility index (Phi) is 2.49. The van der Waals surface area contributed by atoms with Crippen molar-refractivity contribution in [2.45, 2.75) is 31.8 Å². The van der Waals surface area contributed by atoms with Crippen LogP contribution >= 0.6 is 0 Å². The Balaban J connectivity index is 2.51. The van der Waals surface area contributed by atoms with Gasteiger partial charge in [-0.15, -0.1) is 0 Å². The number of aliphatic hydroxyl groups is 2. The molecule has 4 nitrogen and oxygen atoms in total. The maximum Gasteiger partial charge on any atom is 0.163 e. The number of rotatable bonds is 0. The molecular formula is C7H14O4. The summed E-state index contributed by atoms with van der Waals surface area (Å²) in [6.07, 6.45) is -1.67. The predicted octanol–water partition coefficient (Wildman–Crippen LogP) is -0.509. The Morgan fingerprint density at radius 3 is 1.82 bits per heavy atom. The molecule has 0 aromatic carbocycles. The highest BCUT2D eigenvalue weighted by molar-refractivity contribution is 4.71. The Morgan fingerprint density at radius 2 is 1.45 bits per heavy atom. The minimum atomic E-state index is -0.836. The van der Waals surface area contributed by atoms with E-state index < -0.39 is 18.0 Å². The molecule has 1 fully saturated rings. The standard InChI is InChI=1S/C7H14O4/c1-7(2)10-3-5(8)6(9)4-11-7/h5-6,8-9H,3-4H2,1-2H3/t5-,6-/m1/s1. The highest BCUT2D eigenvalue weighted by atomic mass is 16.7. The molecule has 66 valence electrons. The first-order chi connectivity index (χ1) is 5.01. The molecule has 1 heterocycles. The fourth-order valence-electron chi connectivity index (χ4n) is 0.836. The topological polar surface area (TPSA) is 58.9 Å². The molecule has 1 aliphatic rings. The average Bonchev–Trinajstić information content (AvgIpc) is 2.03. The van der Waals surface area contributed by atoms with E-state index in [0.717, 1.165) is 0 Å². The molecule has 1 aliphatic heterocycles. The van der Waals surface area contributed by atoms with Crippen LogP contribution in [0.5, 0.6) is 0 Å². The Hall–Kier alpha value is -0.160. The van der Waals surface area contributed by atoms with Crippen molar-refractivity contribution < 1.29 is 19.7 Å². The van der Waals surface area contributed by atoms with Crippen molar-refractivity contribution in [3.63, 3.8) is 0 Å². The summed E-state index contributed by atoms with van der Waals surface area (Å²) in [7, 11) is 0. The summed E-state index contributed by atoms with van der Waals surface area (Å²) in [6.45, 7) is 3.73. The molecule has 11 heavy (non-hydrogen) atoms. The summed E-state index contributed by atoms with van der Waals surface area (Å²) in [5.41, 5.74) is 0. The number of ether oxygens (including phenoxy) is 2. The number of aliphatic hydroxyl groups excluding tert-OH is 2. The lowest BCUT2D eigenvalue weighted by molar-refractivity contribution is -0.205. The molecule has 0 aromatic heterocycles. The Morgan fingerprint density at radius 1 is 1.09 bits per heavy atom. The van der Waals surface area contributed by atoms with E-state index in [2.05, 4.69) is 0 Å². The Labute approximate surface area is 65.7 Å². The zero-order valence-electron chi connectivity index (χ0n) is 6.78. The van der Waals surface area contributed by atoms with Gasteiger partial charge in [-0.1, -0.05) is 0 Å². The first-order valence-electron chi connectivity index (χ1n) is 3.65. The van der Waals surface area contributed by atoms with E-state index in [4.69, 9.17) is 19.7 Å². The number of hydrogen-bond acceptors (Lipinski definition) is 4. The van der Waals surface area contributed by atoms with Crippen molar-refractivity contribution in [2.75, 3.05) is 13.2 Å². The zero-order chi connectivity index (χ0) is 8.48.